The molecule has 0 fully saturated rings. The van der Waals surface area contributed by atoms with Crippen molar-refractivity contribution in [3.63, 3.8) is 0 Å². The van der Waals surface area contributed by atoms with Crippen molar-refractivity contribution in [2.45, 2.75) is 13.1 Å². The van der Waals surface area contributed by atoms with Gasteiger partial charge in [-0.15, -0.1) is 0 Å². The minimum Gasteiger partial charge on any atom is -0.317 e. The van der Waals surface area contributed by atoms with Crippen molar-refractivity contribution < 1.29 is 18.0 Å². The first-order valence-electron chi connectivity index (χ1n) is 5.32. The van der Waals surface area contributed by atoms with Crippen LogP contribution in [0.4, 0.5) is 18.9 Å². The number of carbonyl (C=O) groups excluding carboxylic acids is 1. The van der Waals surface area contributed by atoms with Crippen LogP contribution in [0.3, 0.4) is 0 Å². The molecule has 2 rings (SSSR count). The maximum atomic E-state index is 12.7. The van der Waals surface area contributed by atoms with E-state index in [9.17, 15) is 18.0 Å². The maximum Gasteiger partial charge on any atom is 0.437 e. The third-order valence-electron chi connectivity index (χ3n) is 2.56. The highest BCUT2D eigenvalue weighted by Crippen LogP contribution is 2.35. The third-order valence-corrected chi connectivity index (χ3v) is 2.84. The summed E-state index contributed by atoms with van der Waals surface area (Å²) in [6.07, 6.45) is -3.45. The van der Waals surface area contributed by atoms with E-state index >= 15 is 0 Å². The van der Waals surface area contributed by atoms with Gasteiger partial charge in [0.15, 0.2) is 5.69 Å². The van der Waals surface area contributed by atoms with Gasteiger partial charge in [-0.05, 0) is 6.92 Å². The van der Waals surface area contributed by atoms with Gasteiger partial charge >= 0.3 is 6.18 Å². The van der Waals surface area contributed by atoms with Crippen LogP contribution in [0.2, 0.25) is 5.02 Å². The summed E-state index contributed by atoms with van der Waals surface area (Å²) >= 11 is 5.76. The second kappa shape index (κ2) is 4.82. The first-order valence-corrected chi connectivity index (χ1v) is 5.70. The molecule has 6 nitrogen and oxygen atoms in total. The molecule has 0 aliphatic rings. The lowest BCUT2D eigenvalue weighted by molar-refractivity contribution is -0.140. The van der Waals surface area contributed by atoms with E-state index in [2.05, 4.69) is 20.6 Å². The molecule has 108 valence electrons. The van der Waals surface area contributed by atoms with Crippen molar-refractivity contribution >= 4 is 23.2 Å². The molecule has 2 aromatic heterocycles. The number of alkyl halides is 3. The van der Waals surface area contributed by atoms with Gasteiger partial charge < -0.3 is 5.32 Å². The molecule has 0 spiro atoms. The van der Waals surface area contributed by atoms with Crippen molar-refractivity contribution in [2.75, 3.05) is 5.32 Å². The number of anilines is 1. The second-order valence-corrected chi connectivity index (χ2v) is 4.40. The third kappa shape index (κ3) is 2.48. The number of hydrogen-bond acceptors (Lipinski definition) is 3. The number of H-pyrrole nitrogens is 1. The molecule has 0 saturated heterocycles. The van der Waals surface area contributed by atoms with Gasteiger partial charge in [0, 0.05) is 7.05 Å². The Kier molecular flexibility index (Phi) is 3.46. The van der Waals surface area contributed by atoms with Crippen LogP contribution in [0, 0.1) is 6.92 Å². The Labute approximate surface area is 115 Å². The van der Waals surface area contributed by atoms with Crippen LogP contribution in [-0.4, -0.2) is 25.9 Å². The SMILES string of the molecule is Cc1[nH]nc(C(F)(F)F)c1NC(=O)c1c(Cl)cnn1C. The summed E-state index contributed by atoms with van der Waals surface area (Å²) in [5, 5.41) is 11.3. The first-order chi connectivity index (χ1) is 9.21. The number of nitrogens with one attached hydrogen (secondary N) is 2. The molecule has 0 aliphatic carbocycles. The number of aromatic nitrogens is 4. The minimum absolute atomic E-state index is 0.0413. The highest BCUT2D eigenvalue weighted by Gasteiger charge is 2.38. The number of aryl methyl sites for hydroxylation is 2. The highest BCUT2D eigenvalue weighted by atomic mass is 35.5. The predicted molar refractivity (Wildman–Crippen MR) is 64.5 cm³/mol. The molecule has 1 amide bonds. The van der Waals surface area contributed by atoms with Crippen LogP contribution in [0.25, 0.3) is 0 Å². The van der Waals surface area contributed by atoms with E-state index in [1.807, 2.05) is 0 Å². The van der Waals surface area contributed by atoms with Crippen molar-refractivity contribution in [3.8, 4) is 0 Å². The maximum absolute atomic E-state index is 12.7. The van der Waals surface area contributed by atoms with E-state index in [0.29, 0.717) is 0 Å². The lowest BCUT2D eigenvalue weighted by Crippen LogP contribution is -2.19. The number of aromatic amines is 1. The Bertz CT molecular complexity index is 641. The number of rotatable bonds is 2. The molecule has 2 aromatic rings. The first kappa shape index (κ1) is 14.4. The smallest absolute Gasteiger partial charge is 0.317 e. The summed E-state index contributed by atoms with van der Waals surface area (Å²) in [5.74, 6) is -0.801. The Morgan fingerprint density at radius 2 is 2.15 bits per heavy atom. The normalized spacial score (nSPS) is 11.7. The van der Waals surface area contributed by atoms with E-state index in [1.54, 1.807) is 0 Å². The van der Waals surface area contributed by atoms with Crippen LogP contribution < -0.4 is 5.32 Å². The number of nitrogens with zero attached hydrogens (tertiary/aromatic N) is 3. The monoisotopic (exact) mass is 307 g/mol. The molecule has 0 atom stereocenters. The number of amides is 1. The Hall–Kier alpha value is -2.03. The molecule has 0 bridgehead atoms. The summed E-state index contributed by atoms with van der Waals surface area (Å²) in [4.78, 5) is 12.0. The van der Waals surface area contributed by atoms with Gasteiger partial charge in [-0.3, -0.25) is 14.6 Å². The van der Waals surface area contributed by atoms with Crippen LogP contribution >= 0.6 is 11.6 Å². The fourth-order valence-electron chi connectivity index (χ4n) is 1.63. The van der Waals surface area contributed by atoms with Gasteiger partial charge in [-0.1, -0.05) is 11.6 Å². The Morgan fingerprint density at radius 1 is 1.50 bits per heavy atom. The molecular formula is C10H9ClF3N5O. The van der Waals surface area contributed by atoms with E-state index in [-0.39, 0.29) is 16.4 Å². The summed E-state index contributed by atoms with van der Waals surface area (Å²) in [6, 6.07) is 0. The molecule has 0 unspecified atom stereocenters. The average Bonchev–Trinajstić information content (AvgIpc) is 2.83. The quantitative estimate of drug-likeness (QED) is 0.894. The largest absolute Gasteiger partial charge is 0.437 e. The van der Waals surface area contributed by atoms with Crippen LogP contribution in [-0.2, 0) is 13.2 Å². The van der Waals surface area contributed by atoms with Crippen LogP contribution in [0.5, 0.6) is 0 Å². The molecule has 20 heavy (non-hydrogen) atoms. The summed E-state index contributed by atoms with van der Waals surface area (Å²) in [5.41, 5.74) is -1.58. The standard InChI is InChI=1S/C10H9ClF3N5O/c1-4-6(8(18-17-4)10(12,13)14)16-9(20)7-5(11)3-15-19(7)2/h3H,1-2H3,(H,16,20)(H,17,18). The van der Waals surface area contributed by atoms with E-state index in [1.165, 1.54) is 24.9 Å². The van der Waals surface area contributed by atoms with Gasteiger partial charge in [0.05, 0.1) is 22.6 Å². The summed E-state index contributed by atoms with van der Waals surface area (Å²) in [7, 11) is 1.45. The molecule has 10 heteroatoms. The van der Waals surface area contributed by atoms with Crippen LogP contribution in [0.15, 0.2) is 6.20 Å². The molecule has 0 aliphatic heterocycles. The molecule has 2 heterocycles. The van der Waals surface area contributed by atoms with Crippen molar-refractivity contribution in [1.29, 1.82) is 0 Å². The zero-order valence-corrected chi connectivity index (χ0v) is 11.1. The second-order valence-electron chi connectivity index (χ2n) is 3.99. The molecule has 0 aromatic carbocycles. The fraction of sp³-hybridized carbons (Fsp3) is 0.300. The molecule has 0 radical (unpaired) electrons. The number of hydrogen-bond donors (Lipinski definition) is 2. The van der Waals surface area contributed by atoms with Crippen molar-refractivity contribution in [3.05, 3.63) is 28.3 Å². The van der Waals surface area contributed by atoms with Gasteiger partial charge in [0.2, 0.25) is 0 Å². The predicted octanol–water partition coefficient (Wildman–Crippen LogP) is 2.38. The zero-order valence-electron chi connectivity index (χ0n) is 10.3. The van der Waals surface area contributed by atoms with Crippen molar-refractivity contribution in [2.24, 2.45) is 7.05 Å². The van der Waals surface area contributed by atoms with Gasteiger partial charge in [0.1, 0.15) is 5.69 Å². The summed E-state index contributed by atoms with van der Waals surface area (Å²) in [6.45, 7) is 1.36. The molecule has 0 saturated carbocycles. The topological polar surface area (TPSA) is 75.6 Å². The van der Waals surface area contributed by atoms with E-state index in [4.69, 9.17) is 11.6 Å². The van der Waals surface area contributed by atoms with Gasteiger partial charge in [0.25, 0.3) is 5.91 Å². The van der Waals surface area contributed by atoms with Crippen LogP contribution in [0.1, 0.15) is 21.9 Å². The fourth-order valence-corrected chi connectivity index (χ4v) is 1.88. The lowest BCUT2D eigenvalue weighted by atomic mass is 10.2. The van der Waals surface area contributed by atoms with E-state index < -0.39 is 23.5 Å². The Morgan fingerprint density at radius 3 is 2.65 bits per heavy atom. The van der Waals surface area contributed by atoms with Gasteiger partial charge in [-0.25, -0.2) is 0 Å². The highest BCUT2D eigenvalue weighted by molar-refractivity contribution is 6.34. The van der Waals surface area contributed by atoms with Gasteiger partial charge in [-0.2, -0.15) is 23.4 Å². The van der Waals surface area contributed by atoms with Crippen molar-refractivity contribution in [1.82, 2.24) is 20.0 Å². The number of halogens is 4. The Balaban J connectivity index is 2.36. The minimum atomic E-state index is -4.68. The summed E-state index contributed by atoms with van der Waals surface area (Å²) < 4.78 is 39.4. The number of carbonyl (C=O) groups is 1. The lowest BCUT2D eigenvalue weighted by Gasteiger charge is -2.09. The molecular weight excluding hydrogens is 299 g/mol. The zero-order chi connectivity index (χ0) is 15.1. The van der Waals surface area contributed by atoms with E-state index in [0.717, 1.165) is 0 Å². The molecule has 2 N–H and O–H groups in total. The average molecular weight is 308 g/mol.